The number of halogens is 2. The Balaban J connectivity index is 1.95. The van der Waals surface area contributed by atoms with E-state index in [-0.39, 0.29) is 6.04 Å². The highest BCUT2D eigenvalue weighted by atomic mass is 35.5. The van der Waals surface area contributed by atoms with Gasteiger partial charge in [0.05, 0.1) is 6.04 Å². The van der Waals surface area contributed by atoms with E-state index in [2.05, 4.69) is 15.3 Å². The van der Waals surface area contributed by atoms with E-state index in [0.717, 1.165) is 5.56 Å². The second-order valence-corrected chi connectivity index (χ2v) is 4.96. The molecule has 5 nitrogen and oxygen atoms in total. The van der Waals surface area contributed by atoms with Crippen molar-refractivity contribution in [1.29, 1.82) is 0 Å². The van der Waals surface area contributed by atoms with Gasteiger partial charge in [0, 0.05) is 10.0 Å². The lowest BCUT2D eigenvalue weighted by Gasteiger charge is -2.27. The van der Waals surface area contributed by atoms with Crippen LogP contribution >= 0.6 is 23.2 Å². The molecule has 0 bridgehead atoms. The highest BCUT2D eigenvalue weighted by molar-refractivity contribution is 6.35. The number of nitrogens with one attached hydrogen (secondary N) is 1. The van der Waals surface area contributed by atoms with Crippen LogP contribution in [0, 0.1) is 0 Å². The predicted octanol–water partition coefficient (Wildman–Crippen LogP) is 2.91. The molecule has 2 aromatic rings. The second kappa shape index (κ2) is 4.75. The van der Waals surface area contributed by atoms with Gasteiger partial charge in [-0.2, -0.15) is 4.98 Å². The maximum atomic E-state index is 6.19. The molecule has 3 N–H and O–H groups in total. The summed E-state index contributed by atoms with van der Waals surface area (Å²) < 4.78 is 5.57. The molecule has 1 aromatic heterocycles. The molecule has 2 heterocycles. The average Bonchev–Trinajstić information content (AvgIpc) is 2.39. The van der Waals surface area contributed by atoms with Gasteiger partial charge < -0.3 is 15.8 Å². The van der Waals surface area contributed by atoms with Crippen LogP contribution in [-0.2, 0) is 0 Å². The number of rotatable bonds is 1. The van der Waals surface area contributed by atoms with E-state index in [4.69, 9.17) is 33.7 Å². The van der Waals surface area contributed by atoms with E-state index in [0.29, 0.717) is 34.0 Å². The molecule has 0 fully saturated rings. The van der Waals surface area contributed by atoms with Crippen molar-refractivity contribution in [2.24, 2.45) is 0 Å². The van der Waals surface area contributed by atoms with Crippen molar-refractivity contribution in [3.05, 3.63) is 40.1 Å². The Kier molecular flexibility index (Phi) is 3.08. The van der Waals surface area contributed by atoms with Crippen LogP contribution in [0.5, 0.6) is 5.88 Å². The minimum atomic E-state index is -0.120. The van der Waals surface area contributed by atoms with Gasteiger partial charge in [0.2, 0.25) is 5.88 Å². The van der Waals surface area contributed by atoms with Crippen molar-refractivity contribution in [3.63, 3.8) is 0 Å². The predicted molar refractivity (Wildman–Crippen MR) is 74.8 cm³/mol. The smallest absolute Gasteiger partial charge is 0.242 e. The summed E-state index contributed by atoms with van der Waals surface area (Å²) in [5.41, 5.74) is 7.27. The van der Waals surface area contributed by atoms with Gasteiger partial charge in [-0.05, 0) is 17.7 Å². The zero-order valence-corrected chi connectivity index (χ0v) is 11.2. The van der Waals surface area contributed by atoms with Gasteiger partial charge in [0.1, 0.15) is 18.6 Å². The van der Waals surface area contributed by atoms with Crippen molar-refractivity contribution in [2.45, 2.75) is 6.04 Å². The van der Waals surface area contributed by atoms with Gasteiger partial charge in [-0.15, -0.1) is 0 Å². The Labute approximate surface area is 119 Å². The molecule has 1 aliphatic rings. The quantitative estimate of drug-likeness (QED) is 0.846. The van der Waals surface area contributed by atoms with E-state index >= 15 is 0 Å². The first-order valence-corrected chi connectivity index (χ1v) is 6.35. The van der Waals surface area contributed by atoms with Crippen LogP contribution in [0.2, 0.25) is 10.0 Å². The number of nitrogens with two attached hydrogens (primary N) is 1. The number of anilines is 2. The van der Waals surface area contributed by atoms with E-state index in [1.807, 2.05) is 6.07 Å². The molecule has 19 heavy (non-hydrogen) atoms. The summed E-state index contributed by atoms with van der Waals surface area (Å²) in [5.74, 6) is 0.800. The highest BCUT2D eigenvalue weighted by Crippen LogP contribution is 2.37. The lowest BCUT2D eigenvalue weighted by Crippen LogP contribution is -2.25. The summed E-state index contributed by atoms with van der Waals surface area (Å²) in [6.45, 7) is 0.408. The number of hydrogen-bond donors (Lipinski definition) is 2. The lowest BCUT2D eigenvalue weighted by molar-refractivity contribution is 0.275. The molecule has 1 aliphatic heterocycles. The summed E-state index contributed by atoms with van der Waals surface area (Å²) in [6, 6.07) is 5.22. The summed E-state index contributed by atoms with van der Waals surface area (Å²) in [4.78, 5) is 7.94. The molecule has 3 rings (SSSR count). The second-order valence-electron chi connectivity index (χ2n) is 4.11. The molecule has 1 atom stereocenters. The Morgan fingerprint density at radius 3 is 2.95 bits per heavy atom. The third kappa shape index (κ3) is 2.27. The first-order valence-electron chi connectivity index (χ1n) is 5.60. The molecular formula is C12H10Cl2N4O. The van der Waals surface area contributed by atoms with Crippen LogP contribution < -0.4 is 15.8 Å². The number of benzene rings is 1. The lowest BCUT2D eigenvalue weighted by atomic mass is 10.1. The molecule has 0 spiro atoms. The normalized spacial score (nSPS) is 17.3. The molecule has 7 heteroatoms. The standard InChI is InChI=1S/C12H10Cl2N4O/c13-6-1-2-7(8(14)3-6)9-4-19-12-10(18-9)11(15)16-5-17-12/h1-3,5,9,18H,4H2,(H2,15,16,17). The Morgan fingerprint density at radius 1 is 1.32 bits per heavy atom. The van der Waals surface area contributed by atoms with Crippen molar-refractivity contribution in [2.75, 3.05) is 17.7 Å². The van der Waals surface area contributed by atoms with E-state index in [9.17, 15) is 0 Å². The highest BCUT2D eigenvalue weighted by Gasteiger charge is 2.25. The number of nitrogen functional groups attached to an aromatic ring is 1. The van der Waals surface area contributed by atoms with Crippen molar-refractivity contribution < 1.29 is 4.74 Å². The monoisotopic (exact) mass is 296 g/mol. The summed E-state index contributed by atoms with van der Waals surface area (Å²) in [6.07, 6.45) is 1.37. The molecule has 0 saturated heterocycles. The first kappa shape index (κ1) is 12.3. The fraction of sp³-hybridized carbons (Fsp3) is 0.167. The fourth-order valence-corrected chi connectivity index (χ4v) is 2.50. The van der Waals surface area contributed by atoms with Gasteiger partial charge in [0.15, 0.2) is 5.82 Å². The Hall–Kier alpha value is -1.72. The van der Waals surface area contributed by atoms with Gasteiger partial charge in [-0.3, -0.25) is 0 Å². The van der Waals surface area contributed by atoms with Crippen molar-refractivity contribution in [3.8, 4) is 5.88 Å². The molecule has 0 aliphatic carbocycles. The van der Waals surface area contributed by atoms with E-state index in [1.165, 1.54) is 6.33 Å². The van der Waals surface area contributed by atoms with Crippen LogP contribution in [-0.4, -0.2) is 16.6 Å². The Morgan fingerprint density at radius 2 is 2.16 bits per heavy atom. The van der Waals surface area contributed by atoms with Crippen molar-refractivity contribution in [1.82, 2.24) is 9.97 Å². The number of fused-ring (bicyclic) bond motifs is 1. The average molecular weight is 297 g/mol. The van der Waals surface area contributed by atoms with Crippen LogP contribution in [0.15, 0.2) is 24.5 Å². The largest absolute Gasteiger partial charge is 0.474 e. The van der Waals surface area contributed by atoms with E-state index in [1.54, 1.807) is 12.1 Å². The molecule has 0 amide bonds. The minimum Gasteiger partial charge on any atom is -0.474 e. The van der Waals surface area contributed by atoms with Gasteiger partial charge in [-0.1, -0.05) is 29.3 Å². The van der Waals surface area contributed by atoms with Crippen molar-refractivity contribution >= 4 is 34.7 Å². The number of hydrogen-bond acceptors (Lipinski definition) is 5. The van der Waals surface area contributed by atoms with Crippen LogP contribution in [0.3, 0.4) is 0 Å². The van der Waals surface area contributed by atoms with E-state index < -0.39 is 0 Å². The zero-order valence-electron chi connectivity index (χ0n) is 9.73. The molecule has 1 unspecified atom stereocenters. The summed E-state index contributed by atoms with van der Waals surface area (Å²) >= 11 is 12.1. The number of aromatic nitrogens is 2. The number of nitrogens with zero attached hydrogens (tertiary/aromatic N) is 2. The maximum absolute atomic E-state index is 6.19. The minimum absolute atomic E-state index is 0.120. The van der Waals surface area contributed by atoms with Gasteiger partial charge >= 0.3 is 0 Å². The third-order valence-electron chi connectivity index (χ3n) is 2.89. The summed E-state index contributed by atoms with van der Waals surface area (Å²) in [5, 5.41) is 4.41. The van der Waals surface area contributed by atoms with Crippen LogP contribution in [0.25, 0.3) is 0 Å². The molecule has 98 valence electrons. The van der Waals surface area contributed by atoms with Crippen LogP contribution in [0.1, 0.15) is 11.6 Å². The van der Waals surface area contributed by atoms with Gasteiger partial charge in [0.25, 0.3) is 0 Å². The van der Waals surface area contributed by atoms with Crippen LogP contribution in [0.4, 0.5) is 11.5 Å². The number of ether oxygens (including phenoxy) is 1. The first-order chi connectivity index (χ1) is 9.15. The third-order valence-corrected chi connectivity index (χ3v) is 3.45. The fourth-order valence-electron chi connectivity index (χ4n) is 1.96. The molecule has 0 saturated carbocycles. The Bertz CT molecular complexity index is 635. The SMILES string of the molecule is Nc1ncnc2c1NC(c1ccc(Cl)cc1Cl)CO2. The molecular weight excluding hydrogens is 287 g/mol. The van der Waals surface area contributed by atoms with Gasteiger partial charge in [-0.25, -0.2) is 4.98 Å². The topological polar surface area (TPSA) is 73.1 Å². The zero-order chi connectivity index (χ0) is 13.4. The maximum Gasteiger partial charge on any atom is 0.242 e. The molecule has 0 radical (unpaired) electrons. The summed E-state index contributed by atoms with van der Waals surface area (Å²) in [7, 11) is 0. The molecule has 1 aromatic carbocycles.